The van der Waals surface area contributed by atoms with Crippen LogP contribution in [-0.4, -0.2) is 58.4 Å². The third-order valence-corrected chi connectivity index (χ3v) is 6.55. The van der Waals surface area contributed by atoms with Crippen LogP contribution in [0.3, 0.4) is 0 Å². The van der Waals surface area contributed by atoms with Gasteiger partial charge in [0.2, 0.25) is 5.91 Å². The predicted octanol–water partition coefficient (Wildman–Crippen LogP) is 4.42. The number of carbonyl (C=O) groups is 1. The number of hydrogen-bond acceptors (Lipinski definition) is 5. The number of piperidine rings is 1. The summed E-state index contributed by atoms with van der Waals surface area (Å²) in [5.74, 6) is 2.75. The number of nitrogens with one attached hydrogen (secondary N) is 1. The number of benzene rings is 2. The summed E-state index contributed by atoms with van der Waals surface area (Å²) in [6.07, 6.45) is 3.65. The highest BCUT2D eigenvalue weighted by molar-refractivity contribution is 5.77. The zero-order valence-corrected chi connectivity index (χ0v) is 21.3. The van der Waals surface area contributed by atoms with E-state index < -0.39 is 0 Å². The van der Waals surface area contributed by atoms with Gasteiger partial charge in [0, 0.05) is 23.7 Å². The van der Waals surface area contributed by atoms with Gasteiger partial charge >= 0.3 is 0 Å². The second-order valence-corrected chi connectivity index (χ2v) is 9.84. The molecule has 1 amide bonds. The normalized spacial score (nSPS) is 14.9. The van der Waals surface area contributed by atoms with E-state index in [-0.39, 0.29) is 18.5 Å². The fourth-order valence-electron chi connectivity index (χ4n) is 4.45. The second-order valence-electron chi connectivity index (χ2n) is 9.84. The van der Waals surface area contributed by atoms with Crippen LogP contribution in [-0.2, 0) is 17.8 Å². The topological polar surface area (TPSA) is 72.3 Å². The lowest BCUT2D eigenvalue weighted by atomic mass is 9.99. The van der Waals surface area contributed by atoms with E-state index in [0.717, 1.165) is 35.8 Å². The third kappa shape index (κ3) is 6.69. The van der Waals surface area contributed by atoms with Crippen molar-refractivity contribution in [3.63, 3.8) is 0 Å². The Bertz CT molecular complexity index is 1110. The lowest BCUT2D eigenvalue weighted by Gasteiger charge is -2.30. The molecular weight excluding hydrogens is 438 g/mol. The van der Waals surface area contributed by atoms with Crippen molar-refractivity contribution < 1.29 is 9.53 Å². The summed E-state index contributed by atoms with van der Waals surface area (Å²) in [6.45, 7) is 9.86. The average molecular weight is 476 g/mol. The van der Waals surface area contributed by atoms with Crippen LogP contribution >= 0.6 is 0 Å². The number of ether oxygens (including phenoxy) is 1. The molecule has 2 aromatic carbocycles. The first-order valence-corrected chi connectivity index (χ1v) is 12.6. The molecule has 7 nitrogen and oxygen atoms in total. The Kier molecular flexibility index (Phi) is 8.18. The average Bonchev–Trinajstić information content (AvgIpc) is 3.27. The van der Waals surface area contributed by atoms with Crippen molar-refractivity contribution in [2.45, 2.75) is 52.6 Å². The van der Waals surface area contributed by atoms with Gasteiger partial charge in [-0.15, -0.1) is 5.10 Å². The third-order valence-electron chi connectivity index (χ3n) is 6.55. The molecule has 1 aliphatic rings. The SMILES string of the molecule is COc1cccc(-c2nc(-c3ccc(CCN4CCC(C)CC4)cc3)nn2CC(=O)NC(C)C)c1. The molecule has 35 heavy (non-hydrogen) atoms. The molecule has 1 N–H and O–H groups in total. The maximum Gasteiger partial charge on any atom is 0.242 e. The van der Waals surface area contributed by atoms with Gasteiger partial charge in [0.05, 0.1) is 7.11 Å². The van der Waals surface area contributed by atoms with Crippen LogP contribution in [0.15, 0.2) is 48.5 Å². The quantitative estimate of drug-likeness (QED) is 0.496. The molecule has 1 aliphatic heterocycles. The van der Waals surface area contributed by atoms with Gasteiger partial charge in [0.15, 0.2) is 11.6 Å². The maximum absolute atomic E-state index is 12.5. The van der Waals surface area contributed by atoms with Crippen LogP contribution in [0.5, 0.6) is 5.75 Å². The van der Waals surface area contributed by atoms with Crippen molar-refractivity contribution >= 4 is 5.91 Å². The van der Waals surface area contributed by atoms with Crippen LogP contribution in [0.1, 0.15) is 39.2 Å². The van der Waals surface area contributed by atoms with Gasteiger partial charge in [-0.2, -0.15) is 0 Å². The second kappa shape index (κ2) is 11.5. The summed E-state index contributed by atoms with van der Waals surface area (Å²) in [5.41, 5.74) is 3.11. The minimum atomic E-state index is -0.0944. The lowest BCUT2D eigenvalue weighted by molar-refractivity contribution is -0.122. The molecule has 0 spiro atoms. The van der Waals surface area contributed by atoms with Crippen LogP contribution in [0, 0.1) is 5.92 Å². The molecule has 7 heteroatoms. The molecule has 0 radical (unpaired) electrons. The molecule has 1 saturated heterocycles. The van der Waals surface area contributed by atoms with Crippen molar-refractivity contribution in [3.8, 4) is 28.5 Å². The minimum Gasteiger partial charge on any atom is -0.497 e. The number of nitrogens with zero attached hydrogens (tertiary/aromatic N) is 4. The maximum atomic E-state index is 12.5. The molecule has 0 aliphatic carbocycles. The monoisotopic (exact) mass is 475 g/mol. The van der Waals surface area contributed by atoms with E-state index in [1.54, 1.807) is 11.8 Å². The van der Waals surface area contributed by atoms with Gasteiger partial charge in [-0.3, -0.25) is 4.79 Å². The first-order valence-electron chi connectivity index (χ1n) is 12.6. The molecule has 4 rings (SSSR count). The Labute approximate surface area is 208 Å². The molecule has 0 atom stereocenters. The molecule has 2 heterocycles. The van der Waals surface area contributed by atoms with Crippen LogP contribution < -0.4 is 10.1 Å². The Morgan fingerprint density at radius 3 is 2.54 bits per heavy atom. The molecule has 0 bridgehead atoms. The largest absolute Gasteiger partial charge is 0.497 e. The van der Waals surface area contributed by atoms with E-state index in [1.165, 1.54) is 31.5 Å². The van der Waals surface area contributed by atoms with Gasteiger partial charge in [-0.05, 0) is 69.8 Å². The predicted molar refractivity (Wildman–Crippen MR) is 139 cm³/mol. The van der Waals surface area contributed by atoms with E-state index in [4.69, 9.17) is 14.8 Å². The Balaban J connectivity index is 1.52. The molecule has 0 unspecified atom stereocenters. The molecule has 1 aromatic heterocycles. The number of carbonyl (C=O) groups excluding carboxylic acids is 1. The number of amides is 1. The summed E-state index contributed by atoms with van der Waals surface area (Å²) in [5, 5.41) is 7.65. The van der Waals surface area contributed by atoms with Gasteiger partial charge in [-0.25, -0.2) is 9.67 Å². The number of methoxy groups -OCH3 is 1. The van der Waals surface area contributed by atoms with E-state index in [1.807, 2.05) is 38.1 Å². The molecule has 1 fully saturated rings. The summed E-state index contributed by atoms with van der Waals surface area (Å²) >= 11 is 0. The summed E-state index contributed by atoms with van der Waals surface area (Å²) < 4.78 is 7.06. The highest BCUT2D eigenvalue weighted by Crippen LogP contribution is 2.26. The van der Waals surface area contributed by atoms with Crippen LogP contribution in [0.2, 0.25) is 0 Å². The molecule has 0 saturated carbocycles. The number of likely N-dealkylation sites (tertiary alicyclic amines) is 1. The van der Waals surface area contributed by atoms with Gasteiger partial charge < -0.3 is 15.0 Å². The fraction of sp³-hybridized carbons (Fsp3) is 0.464. The van der Waals surface area contributed by atoms with Crippen LogP contribution in [0.25, 0.3) is 22.8 Å². The standard InChI is InChI=1S/C28H37N5O2/c1-20(2)29-26(34)19-33-28(24-6-5-7-25(18-24)35-4)30-27(31-33)23-10-8-22(9-11-23)14-17-32-15-12-21(3)13-16-32/h5-11,18,20-21H,12-17,19H2,1-4H3,(H,29,34). The van der Waals surface area contributed by atoms with E-state index in [2.05, 4.69) is 41.4 Å². The number of rotatable bonds is 9. The molecular formula is C28H37N5O2. The zero-order chi connectivity index (χ0) is 24.8. The number of aromatic nitrogens is 3. The highest BCUT2D eigenvalue weighted by Gasteiger charge is 2.18. The van der Waals surface area contributed by atoms with Gasteiger partial charge in [0.25, 0.3) is 0 Å². The minimum absolute atomic E-state index is 0.0617. The van der Waals surface area contributed by atoms with Gasteiger partial charge in [-0.1, -0.05) is 43.3 Å². The highest BCUT2D eigenvalue weighted by atomic mass is 16.5. The van der Waals surface area contributed by atoms with Crippen molar-refractivity contribution in [1.82, 2.24) is 25.0 Å². The zero-order valence-electron chi connectivity index (χ0n) is 21.3. The fourth-order valence-corrected chi connectivity index (χ4v) is 4.45. The Morgan fingerprint density at radius 1 is 1.11 bits per heavy atom. The Hall–Kier alpha value is -3.19. The van der Waals surface area contributed by atoms with E-state index in [9.17, 15) is 4.79 Å². The van der Waals surface area contributed by atoms with Crippen molar-refractivity contribution in [1.29, 1.82) is 0 Å². The van der Waals surface area contributed by atoms with Crippen LogP contribution in [0.4, 0.5) is 0 Å². The molecule has 186 valence electrons. The molecule has 3 aromatic rings. The van der Waals surface area contributed by atoms with Crippen molar-refractivity contribution in [3.05, 3.63) is 54.1 Å². The number of hydrogen-bond donors (Lipinski definition) is 1. The first kappa shape index (κ1) is 24.9. The Morgan fingerprint density at radius 2 is 1.86 bits per heavy atom. The van der Waals surface area contributed by atoms with E-state index in [0.29, 0.717) is 11.6 Å². The summed E-state index contributed by atoms with van der Waals surface area (Å²) in [4.78, 5) is 19.9. The summed E-state index contributed by atoms with van der Waals surface area (Å²) in [7, 11) is 1.64. The summed E-state index contributed by atoms with van der Waals surface area (Å²) in [6, 6.07) is 16.2. The smallest absolute Gasteiger partial charge is 0.242 e. The van der Waals surface area contributed by atoms with Crippen molar-refractivity contribution in [2.75, 3.05) is 26.7 Å². The first-order chi connectivity index (χ1) is 16.9. The van der Waals surface area contributed by atoms with Gasteiger partial charge in [0.1, 0.15) is 12.3 Å². The van der Waals surface area contributed by atoms with E-state index >= 15 is 0 Å². The van der Waals surface area contributed by atoms with Crippen molar-refractivity contribution in [2.24, 2.45) is 5.92 Å². The lowest BCUT2D eigenvalue weighted by Crippen LogP contribution is -2.34.